The van der Waals surface area contributed by atoms with Crippen LogP contribution in [0, 0.1) is 24.0 Å². The molecule has 2 aromatic carbocycles. The van der Waals surface area contributed by atoms with E-state index in [0.717, 1.165) is 26.2 Å². The molecule has 0 N–H and O–H groups in total. The molecule has 4 rings (SSSR count). The highest BCUT2D eigenvalue weighted by molar-refractivity contribution is 5.56. The summed E-state index contributed by atoms with van der Waals surface area (Å²) in [5, 5.41) is 11.5. The Bertz CT molecular complexity index is 876. The summed E-state index contributed by atoms with van der Waals surface area (Å²) in [5.74, 6) is 1.04. The summed E-state index contributed by atoms with van der Waals surface area (Å²) in [6.07, 6.45) is 0. The molecule has 0 unspecified atom stereocenters. The minimum atomic E-state index is -0.344. The molecule has 0 saturated carbocycles. The molecule has 0 spiro atoms. The second-order valence-electron chi connectivity index (χ2n) is 7.14. The average Bonchev–Trinajstić information content (AvgIpc) is 3.11. The van der Waals surface area contributed by atoms with Crippen LogP contribution in [-0.4, -0.2) is 42.8 Å². The number of nitrogens with zero attached hydrogens (tertiary/aromatic N) is 3. The molecule has 0 bridgehead atoms. The lowest BCUT2D eigenvalue weighted by molar-refractivity contribution is -0.385. The molecule has 0 amide bonds. The fraction of sp³-hybridized carbons (Fsp3) is 0.400. The van der Waals surface area contributed by atoms with E-state index in [1.165, 1.54) is 22.9 Å². The number of benzene rings is 2. The first kappa shape index (κ1) is 17.6. The van der Waals surface area contributed by atoms with Crippen molar-refractivity contribution in [1.82, 2.24) is 4.90 Å². The monoisotopic (exact) mass is 369 g/mol. The molecule has 0 atom stereocenters. The SMILES string of the molecule is Cc1ccc(C)c(N2CCN(Cc3cc4c(cc3[N+](=O)[O-])OCO4)CC2)c1. The lowest BCUT2D eigenvalue weighted by atomic mass is 10.1. The first-order valence-electron chi connectivity index (χ1n) is 9.13. The molecule has 7 heteroatoms. The van der Waals surface area contributed by atoms with Gasteiger partial charge in [0.1, 0.15) is 0 Å². The Balaban J connectivity index is 1.47. The number of aryl methyl sites for hydroxylation is 2. The fourth-order valence-electron chi connectivity index (χ4n) is 3.72. The topological polar surface area (TPSA) is 68.1 Å². The molecule has 0 radical (unpaired) electrons. The summed E-state index contributed by atoms with van der Waals surface area (Å²) >= 11 is 0. The zero-order chi connectivity index (χ0) is 19.0. The summed E-state index contributed by atoms with van der Waals surface area (Å²) < 4.78 is 10.7. The molecule has 2 aromatic rings. The summed E-state index contributed by atoms with van der Waals surface area (Å²) in [6.45, 7) is 8.43. The average molecular weight is 369 g/mol. The van der Waals surface area contributed by atoms with Crippen LogP contribution >= 0.6 is 0 Å². The van der Waals surface area contributed by atoms with Gasteiger partial charge in [0, 0.05) is 44.0 Å². The van der Waals surface area contributed by atoms with Crippen LogP contribution in [0.1, 0.15) is 16.7 Å². The lowest BCUT2D eigenvalue weighted by Gasteiger charge is -2.37. The highest BCUT2D eigenvalue weighted by atomic mass is 16.7. The molecule has 27 heavy (non-hydrogen) atoms. The number of hydrogen-bond acceptors (Lipinski definition) is 6. The number of anilines is 1. The summed E-state index contributed by atoms with van der Waals surface area (Å²) in [5.41, 5.74) is 4.58. The number of nitro groups is 1. The van der Waals surface area contributed by atoms with Crippen molar-refractivity contribution in [3.05, 3.63) is 57.1 Å². The molecule has 0 aliphatic carbocycles. The Kier molecular flexibility index (Phi) is 4.61. The Morgan fingerprint density at radius 1 is 1.04 bits per heavy atom. The van der Waals surface area contributed by atoms with Gasteiger partial charge in [-0.3, -0.25) is 15.0 Å². The van der Waals surface area contributed by atoms with Crippen molar-refractivity contribution in [2.45, 2.75) is 20.4 Å². The molecule has 1 saturated heterocycles. The third-order valence-electron chi connectivity index (χ3n) is 5.24. The summed E-state index contributed by atoms with van der Waals surface area (Å²) in [6, 6.07) is 9.75. The van der Waals surface area contributed by atoms with Gasteiger partial charge >= 0.3 is 0 Å². The molecule has 2 aliphatic heterocycles. The minimum Gasteiger partial charge on any atom is -0.454 e. The van der Waals surface area contributed by atoms with Crippen molar-refractivity contribution < 1.29 is 14.4 Å². The van der Waals surface area contributed by atoms with E-state index < -0.39 is 0 Å². The first-order chi connectivity index (χ1) is 13.0. The second kappa shape index (κ2) is 7.08. The van der Waals surface area contributed by atoms with Gasteiger partial charge in [-0.2, -0.15) is 0 Å². The number of rotatable bonds is 4. The van der Waals surface area contributed by atoms with Crippen molar-refractivity contribution in [3.63, 3.8) is 0 Å². The van der Waals surface area contributed by atoms with Crippen molar-refractivity contribution >= 4 is 11.4 Å². The fourth-order valence-corrected chi connectivity index (χ4v) is 3.72. The van der Waals surface area contributed by atoms with Gasteiger partial charge in [0.25, 0.3) is 5.69 Å². The number of nitro benzene ring substituents is 1. The number of piperazine rings is 1. The predicted molar refractivity (Wildman–Crippen MR) is 103 cm³/mol. The normalized spacial score (nSPS) is 16.6. The van der Waals surface area contributed by atoms with E-state index in [2.05, 4.69) is 41.8 Å². The Labute approximate surface area is 158 Å². The van der Waals surface area contributed by atoms with E-state index in [9.17, 15) is 10.1 Å². The summed E-state index contributed by atoms with van der Waals surface area (Å²) in [4.78, 5) is 15.8. The highest BCUT2D eigenvalue weighted by Crippen LogP contribution is 2.38. The van der Waals surface area contributed by atoms with Crippen LogP contribution in [0.25, 0.3) is 0 Å². The quantitative estimate of drug-likeness (QED) is 0.609. The standard InChI is InChI=1S/C20H23N3O4/c1-14-3-4-15(2)17(9-14)22-7-5-21(6-8-22)12-16-10-19-20(27-13-26-19)11-18(16)23(24)25/h3-4,9-11H,5-8,12-13H2,1-2H3. The summed E-state index contributed by atoms with van der Waals surface area (Å²) in [7, 11) is 0. The van der Waals surface area contributed by atoms with E-state index in [0.29, 0.717) is 23.6 Å². The van der Waals surface area contributed by atoms with Gasteiger partial charge in [0.2, 0.25) is 6.79 Å². The minimum absolute atomic E-state index is 0.0937. The van der Waals surface area contributed by atoms with Gasteiger partial charge in [-0.15, -0.1) is 0 Å². The van der Waals surface area contributed by atoms with Gasteiger partial charge in [-0.05, 0) is 37.1 Å². The molecule has 0 aromatic heterocycles. The maximum absolute atomic E-state index is 11.5. The Morgan fingerprint density at radius 2 is 1.74 bits per heavy atom. The van der Waals surface area contributed by atoms with Crippen LogP contribution in [-0.2, 0) is 6.54 Å². The van der Waals surface area contributed by atoms with Gasteiger partial charge in [-0.25, -0.2) is 0 Å². The van der Waals surface area contributed by atoms with E-state index >= 15 is 0 Å². The predicted octanol–water partition coefficient (Wildman–Crippen LogP) is 3.26. The van der Waals surface area contributed by atoms with Crippen LogP contribution in [0.15, 0.2) is 30.3 Å². The molecule has 1 fully saturated rings. The first-order valence-corrected chi connectivity index (χ1v) is 9.13. The Morgan fingerprint density at radius 3 is 2.44 bits per heavy atom. The zero-order valence-electron chi connectivity index (χ0n) is 15.6. The van der Waals surface area contributed by atoms with Crippen LogP contribution in [0.4, 0.5) is 11.4 Å². The second-order valence-corrected chi connectivity index (χ2v) is 7.14. The molecule has 2 heterocycles. The van der Waals surface area contributed by atoms with E-state index in [1.807, 2.05) is 0 Å². The maximum atomic E-state index is 11.5. The van der Waals surface area contributed by atoms with Gasteiger partial charge < -0.3 is 14.4 Å². The van der Waals surface area contributed by atoms with Gasteiger partial charge in [0.15, 0.2) is 11.5 Å². The molecule has 7 nitrogen and oxygen atoms in total. The Hall–Kier alpha value is -2.80. The lowest BCUT2D eigenvalue weighted by Crippen LogP contribution is -2.46. The number of hydrogen-bond donors (Lipinski definition) is 0. The largest absolute Gasteiger partial charge is 0.454 e. The molecular weight excluding hydrogens is 346 g/mol. The van der Waals surface area contributed by atoms with Gasteiger partial charge in [-0.1, -0.05) is 12.1 Å². The van der Waals surface area contributed by atoms with Gasteiger partial charge in [0.05, 0.1) is 11.0 Å². The number of fused-ring (bicyclic) bond motifs is 1. The van der Waals surface area contributed by atoms with Crippen LogP contribution < -0.4 is 14.4 Å². The third kappa shape index (κ3) is 3.55. The van der Waals surface area contributed by atoms with Crippen LogP contribution in [0.2, 0.25) is 0 Å². The van der Waals surface area contributed by atoms with Crippen LogP contribution in [0.5, 0.6) is 11.5 Å². The van der Waals surface area contributed by atoms with Crippen molar-refractivity contribution in [2.75, 3.05) is 37.9 Å². The molecule has 142 valence electrons. The van der Waals surface area contributed by atoms with Crippen molar-refractivity contribution in [3.8, 4) is 11.5 Å². The third-order valence-corrected chi connectivity index (χ3v) is 5.24. The molecular formula is C20H23N3O4. The van der Waals surface area contributed by atoms with E-state index in [-0.39, 0.29) is 17.4 Å². The number of ether oxygens (including phenoxy) is 2. The van der Waals surface area contributed by atoms with E-state index in [1.54, 1.807) is 6.07 Å². The van der Waals surface area contributed by atoms with Crippen molar-refractivity contribution in [1.29, 1.82) is 0 Å². The van der Waals surface area contributed by atoms with Crippen molar-refractivity contribution in [2.24, 2.45) is 0 Å². The smallest absolute Gasteiger partial charge is 0.277 e. The van der Waals surface area contributed by atoms with Crippen LogP contribution in [0.3, 0.4) is 0 Å². The highest BCUT2D eigenvalue weighted by Gasteiger charge is 2.26. The zero-order valence-corrected chi connectivity index (χ0v) is 15.6. The molecule has 2 aliphatic rings. The van der Waals surface area contributed by atoms with E-state index in [4.69, 9.17) is 9.47 Å². The maximum Gasteiger partial charge on any atom is 0.277 e.